The molecule has 0 heterocycles. The van der Waals surface area contributed by atoms with E-state index in [2.05, 4.69) is 0 Å². The molecule has 0 saturated carbocycles. The molecule has 0 aliphatic heterocycles. The summed E-state index contributed by atoms with van der Waals surface area (Å²) in [5, 5.41) is -0.870. The van der Waals surface area contributed by atoms with Crippen molar-refractivity contribution in [3.05, 3.63) is 64.7 Å². The molecule has 1 unspecified atom stereocenters. The van der Waals surface area contributed by atoms with Gasteiger partial charge in [0.2, 0.25) is 0 Å². The number of benzene rings is 2. The van der Waals surface area contributed by atoms with Crippen LogP contribution in [0.25, 0.3) is 0 Å². The zero-order valence-electron chi connectivity index (χ0n) is 11.3. The molecule has 0 amide bonds. The van der Waals surface area contributed by atoms with Gasteiger partial charge in [-0.3, -0.25) is 0 Å². The Hall–Kier alpha value is -1.61. The highest BCUT2D eigenvalue weighted by Gasteiger charge is 2.21. The zero-order chi connectivity index (χ0) is 14.7. The summed E-state index contributed by atoms with van der Waals surface area (Å²) in [6.45, 7) is 4.03. The Morgan fingerprint density at radius 1 is 1.10 bits per heavy atom. The van der Waals surface area contributed by atoms with E-state index in [1.165, 1.54) is 12.1 Å². The van der Waals surface area contributed by atoms with Gasteiger partial charge in [0.25, 0.3) is 0 Å². The molecule has 4 heteroatoms. The van der Waals surface area contributed by atoms with E-state index in [1.54, 1.807) is 31.2 Å². The second-order valence-corrected chi connectivity index (χ2v) is 4.89. The Kier molecular flexibility index (Phi) is 4.61. The minimum absolute atomic E-state index is 0.115. The van der Waals surface area contributed by atoms with Crippen molar-refractivity contribution in [3.63, 3.8) is 0 Å². The van der Waals surface area contributed by atoms with Gasteiger partial charge < -0.3 is 4.74 Å². The van der Waals surface area contributed by atoms with Crippen molar-refractivity contribution in [1.82, 2.24) is 0 Å². The lowest BCUT2D eigenvalue weighted by Crippen LogP contribution is -2.03. The molecule has 0 N–H and O–H groups in total. The van der Waals surface area contributed by atoms with Gasteiger partial charge in [0, 0.05) is 5.56 Å². The summed E-state index contributed by atoms with van der Waals surface area (Å²) in [5.74, 6) is -0.536. The third kappa shape index (κ3) is 2.93. The van der Waals surface area contributed by atoms with Crippen molar-refractivity contribution >= 4 is 11.6 Å². The van der Waals surface area contributed by atoms with Gasteiger partial charge in [0.05, 0.1) is 12.0 Å². The lowest BCUT2D eigenvalue weighted by atomic mass is 10.0. The van der Waals surface area contributed by atoms with Gasteiger partial charge in [-0.1, -0.05) is 18.2 Å². The number of rotatable bonds is 4. The average molecular weight is 297 g/mol. The quantitative estimate of drug-likeness (QED) is 0.721. The molecule has 0 aliphatic carbocycles. The normalized spacial score (nSPS) is 12.2. The highest BCUT2D eigenvalue weighted by atomic mass is 35.5. The minimum Gasteiger partial charge on any atom is -0.494 e. The van der Waals surface area contributed by atoms with Crippen LogP contribution in [0.2, 0.25) is 0 Å². The van der Waals surface area contributed by atoms with E-state index in [1.807, 2.05) is 6.92 Å². The Bertz CT molecular complexity index is 596. The lowest BCUT2D eigenvalue weighted by molar-refractivity contribution is 0.340. The maximum Gasteiger partial charge on any atom is 0.134 e. The van der Waals surface area contributed by atoms with Crippen LogP contribution < -0.4 is 4.74 Å². The first-order chi connectivity index (χ1) is 9.54. The summed E-state index contributed by atoms with van der Waals surface area (Å²) in [4.78, 5) is 0. The predicted octanol–water partition coefficient (Wildman–Crippen LogP) is 5.00. The maximum atomic E-state index is 14.0. The van der Waals surface area contributed by atoms with E-state index in [0.29, 0.717) is 23.5 Å². The van der Waals surface area contributed by atoms with Crippen LogP contribution >= 0.6 is 11.6 Å². The summed E-state index contributed by atoms with van der Waals surface area (Å²) < 4.78 is 33.2. The summed E-state index contributed by atoms with van der Waals surface area (Å²) in [7, 11) is 0. The first-order valence-corrected chi connectivity index (χ1v) is 6.79. The van der Waals surface area contributed by atoms with Crippen LogP contribution in [0.3, 0.4) is 0 Å². The first-order valence-electron chi connectivity index (χ1n) is 6.36. The molecule has 1 nitrogen and oxygen atoms in total. The van der Waals surface area contributed by atoms with Crippen LogP contribution in [-0.4, -0.2) is 6.61 Å². The van der Waals surface area contributed by atoms with Crippen LogP contribution in [0.15, 0.2) is 36.4 Å². The number of hydrogen-bond donors (Lipinski definition) is 0. The number of halogens is 3. The van der Waals surface area contributed by atoms with Crippen molar-refractivity contribution in [2.24, 2.45) is 0 Å². The van der Waals surface area contributed by atoms with E-state index < -0.39 is 17.0 Å². The van der Waals surface area contributed by atoms with Crippen molar-refractivity contribution < 1.29 is 13.5 Å². The molecule has 2 aromatic carbocycles. The lowest BCUT2D eigenvalue weighted by Gasteiger charge is -2.14. The molecule has 0 aromatic heterocycles. The van der Waals surface area contributed by atoms with Crippen molar-refractivity contribution in [1.29, 1.82) is 0 Å². The molecule has 0 spiro atoms. The maximum absolute atomic E-state index is 14.0. The van der Waals surface area contributed by atoms with E-state index in [0.717, 1.165) is 0 Å². The third-order valence-electron chi connectivity index (χ3n) is 3.06. The van der Waals surface area contributed by atoms with E-state index in [-0.39, 0.29) is 5.56 Å². The highest BCUT2D eigenvalue weighted by molar-refractivity contribution is 6.22. The van der Waals surface area contributed by atoms with Crippen LogP contribution in [0.5, 0.6) is 5.75 Å². The summed E-state index contributed by atoms with van der Waals surface area (Å²) >= 11 is 6.22. The number of alkyl halides is 1. The standard InChI is InChI=1S/C16H15ClF2O/c1-3-20-12-7-5-11(6-8-12)15(17)14-13(18)9-4-10(2)16(14)19/h4-9,15H,3H2,1-2H3. The molecule has 20 heavy (non-hydrogen) atoms. The molecular formula is C16H15ClF2O. The van der Waals surface area contributed by atoms with Crippen LogP contribution in [0, 0.1) is 18.6 Å². The van der Waals surface area contributed by atoms with Gasteiger partial charge in [0.15, 0.2) is 0 Å². The molecule has 0 saturated heterocycles. The topological polar surface area (TPSA) is 9.23 Å². The smallest absolute Gasteiger partial charge is 0.134 e. The molecule has 2 aromatic rings. The van der Waals surface area contributed by atoms with Crippen molar-refractivity contribution in [3.8, 4) is 5.75 Å². The van der Waals surface area contributed by atoms with E-state index in [4.69, 9.17) is 16.3 Å². The molecule has 0 bridgehead atoms. The second kappa shape index (κ2) is 6.23. The molecule has 2 rings (SSSR count). The Morgan fingerprint density at radius 2 is 1.75 bits per heavy atom. The number of aryl methyl sites for hydroxylation is 1. The van der Waals surface area contributed by atoms with E-state index in [9.17, 15) is 8.78 Å². The van der Waals surface area contributed by atoms with Gasteiger partial charge in [0.1, 0.15) is 17.4 Å². The molecule has 106 valence electrons. The van der Waals surface area contributed by atoms with Crippen LogP contribution in [0.1, 0.15) is 29.0 Å². The van der Waals surface area contributed by atoms with Gasteiger partial charge in [-0.25, -0.2) is 8.78 Å². The third-order valence-corrected chi connectivity index (χ3v) is 3.53. The zero-order valence-corrected chi connectivity index (χ0v) is 12.0. The molecule has 1 atom stereocenters. The summed E-state index contributed by atoms with van der Waals surface area (Å²) in [6.07, 6.45) is 0. The van der Waals surface area contributed by atoms with Crippen molar-refractivity contribution in [2.75, 3.05) is 6.61 Å². The largest absolute Gasteiger partial charge is 0.494 e. The molecular weight excluding hydrogens is 282 g/mol. The van der Waals surface area contributed by atoms with Gasteiger partial charge in [-0.2, -0.15) is 0 Å². The monoisotopic (exact) mass is 296 g/mol. The van der Waals surface area contributed by atoms with Crippen LogP contribution in [-0.2, 0) is 0 Å². The fourth-order valence-corrected chi connectivity index (χ4v) is 2.32. The Labute approximate surface area is 122 Å². The molecule has 0 radical (unpaired) electrons. The fourth-order valence-electron chi connectivity index (χ4n) is 1.98. The van der Waals surface area contributed by atoms with Crippen LogP contribution in [0.4, 0.5) is 8.78 Å². The van der Waals surface area contributed by atoms with Gasteiger partial charge in [-0.15, -0.1) is 11.6 Å². The predicted molar refractivity (Wildman–Crippen MR) is 76.4 cm³/mol. The number of hydrogen-bond acceptors (Lipinski definition) is 1. The van der Waals surface area contributed by atoms with Gasteiger partial charge in [-0.05, 0) is 43.2 Å². The first kappa shape index (κ1) is 14.8. The summed E-state index contributed by atoms with van der Waals surface area (Å²) in [5.41, 5.74) is 0.882. The fraction of sp³-hybridized carbons (Fsp3) is 0.250. The molecule has 0 fully saturated rings. The Morgan fingerprint density at radius 3 is 2.35 bits per heavy atom. The van der Waals surface area contributed by atoms with Gasteiger partial charge >= 0.3 is 0 Å². The highest BCUT2D eigenvalue weighted by Crippen LogP contribution is 2.34. The van der Waals surface area contributed by atoms with E-state index >= 15 is 0 Å². The summed E-state index contributed by atoms with van der Waals surface area (Å²) in [6, 6.07) is 9.53. The second-order valence-electron chi connectivity index (χ2n) is 4.46. The Balaban J connectivity index is 2.36. The SMILES string of the molecule is CCOc1ccc(C(Cl)c2c(F)ccc(C)c2F)cc1. The minimum atomic E-state index is -0.870. The molecule has 0 aliphatic rings. The van der Waals surface area contributed by atoms with Crippen molar-refractivity contribution in [2.45, 2.75) is 19.2 Å². The number of ether oxygens (including phenoxy) is 1. The average Bonchev–Trinajstić information content (AvgIpc) is 2.44.